The number of ether oxygens (including phenoxy) is 1. The van der Waals surface area contributed by atoms with Crippen molar-refractivity contribution in [2.24, 2.45) is 10.9 Å². The predicted molar refractivity (Wildman–Crippen MR) is 176 cm³/mol. The van der Waals surface area contributed by atoms with Crippen molar-refractivity contribution in [1.82, 2.24) is 29.5 Å². The summed E-state index contributed by atoms with van der Waals surface area (Å²) >= 11 is 0. The lowest BCUT2D eigenvalue weighted by Gasteiger charge is -2.29. The van der Waals surface area contributed by atoms with Gasteiger partial charge in [-0.3, -0.25) is 14.5 Å². The number of rotatable bonds is 12. The van der Waals surface area contributed by atoms with Crippen LogP contribution >= 0.6 is 0 Å². The highest BCUT2D eigenvalue weighted by Crippen LogP contribution is 2.34. The summed E-state index contributed by atoms with van der Waals surface area (Å²) in [4.78, 5) is 40.8. The van der Waals surface area contributed by atoms with Crippen molar-refractivity contribution < 1.29 is 22.7 Å². The van der Waals surface area contributed by atoms with Crippen molar-refractivity contribution in [3.63, 3.8) is 0 Å². The molecule has 2 amide bonds. The van der Waals surface area contributed by atoms with Crippen molar-refractivity contribution in [2.75, 3.05) is 32.8 Å². The Kier molecular flexibility index (Phi) is 11.1. The van der Waals surface area contributed by atoms with E-state index in [0.29, 0.717) is 36.5 Å². The van der Waals surface area contributed by atoms with Gasteiger partial charge in [0, 0.05) is 42.7 Å². The normalized spacial score (nSPS) is 19.8. The molecule has 0 radical (unpaired) electrons. The average Bonchev–Trinajstić information content (AvgIpc) is 3.41. The number of H-pyrrole nitrogens is 1. The summed E-state index contributed by atoms with van der Waals surface area (Å²) in [6, 6.07) is 7.74. The van der Waals surface area contributed by atoms with Crippen LogP contribution in [0.3, 0.4) is 0 Å². The number of aromatic amines is 1. The molecule has 2 aliphatic rings. The molecule has 248 valence electrons. The minimum Gasteiger partial charge on any atom is -0.476 e. The first kappa shape index (κ1) is 33.6. The molecule has 13 heteroatoms. The van der Waals surface area contributed by atoms with Gasteiger partial charge in [-0.2, -0.15) is 4.99 Å². The molecule has 3 heterocycles. The number of sulfonamides is 1. The zero-order valence-electron chi connectivity index (χ0n) is 26.7. The van der Waals surface area contributed by atoms with Crippen LogP contribution in [0.4, 0.5) is 0 Å². The number of pyridine rings is 1. The van der Waals surface area contributed by atoms with E-state index < -0.39 is 15.9 Å². The number of amides is 2. The van der Waals surface area contributed by atoms with E-state index in [1.807, 2.05) is 24.5 Å². The number of fused-ring (bicyclic) bond motifs is 1. The highest BCUT2D eigenvalue weighted by atomic mass is 32.2. The maximum absolute atomic E-state index is 13.5. The van der Waals surface area contributed by atoms with Gasteiger partial charge in [-0.25, -0.2) is 18.1 Å². The Bertz CT molecular complexity index is 1720. The number of benzene rings is 1. The number of aromatic nitrogens is 3. The number of carbonyl (C=O) groups is 2. The maximum atomic E-state index is 13.5. The van der Waals surface area contributed by atoms with E-state index in [9.17, 15) is 18.0 Å². The van der Waals surface area contributed by atoms with Crippen molar-refractivity contribution in [1.29, 1.82) is 0 Å². The number of piperidine rings is 1. The van der Waals surface area contributed by atoms with Crippen molar-refractivity contribution >= 4 is 32.9 Å². The largest absolute Gasteiger partial charge is 0.476 e. The molecular weight excluding hydrogens is 606 g/mol. The molecule has 1 saturated heterocycles. The van der Waals surface area contributed by atoms with Gasteiger partial charge in [-0.1, -0.05) is 18.6 Å². The Labute approximate surface area is 270 Å². The Balaban J connectivity index is 1.44. The maximum Gasteiger partial charge on any atom is 0.280 e. The second-order valence-electron chi connectivity index (χ2n) is 12.4. The number of nitrogens with one attached hydrogen (secondary N) is 3. The average molecular weight is 652 g/mol. The van der Waals surface area contributed by atoms with Gasteiger partial charge in [0.2, 0.25) is 27.4 Å². The smallest absolute Gasteiger partial charge is 0.280 e. The Morgan fingerprint density at radius 3 is 2.63 bits per heavy atom. The first-order chi connectivity index (χ1) is 22.1. The summed E-state index contributed by atoms with van der Waals surface area (Å²) < 4.78 is 35.9. The van der Waals surface area contributed by atoms with Gasteiger partial charge in [0.15, 0.2) is 0 Å². The van der Waals surface area contributed by atoms with E-state index in [4.69, 9.17) is 4.74 Å². The molecule has 1 aromatic carbocycles. The Morgan fingerprint density at radius 1 is 1.15 bits per heavy atom. The second-order valence-corrected chi connectivity index (χ2v) is 14.1. The summed E-state index contributed by atoms with van der Waals surface area (Å²) in [6.45, 7) is 11.1. The molecule has 0 spiro atoms. The molecule has 0 unspecified atom stereocenters. The number of nitrogens with zero attached hydrogens (tertiary/aromatic N) is 4. The second kappa shape index (κ2) is 15.2. The van der Waals surface area contributed by atoms with Crippen LogP contribution in [0.5, 0.6) is 5.88 Å². The lowest BCUT2D eigenvalue weighted by Crippen LogP contribution is -2.38. The highest BCUT2D eigenvalue weighted by Gasteiger charge is 2.29. The zero-order valence-corrected chi connectivity index (χ0v) is 27.5. The van der Waals surface area contributed by atoms with Gasteiger partial charge in [0.1, 0.15) is 6.61 Å². The first-order valence-corrected chi connectivity index (χ1v) is 17.7. The van der Waals surface area contributed by atoms with E-state index in [0.717, 1.165) is 38.0 Å². The fourth-order valence-corrected chi connectivity index (χ4v) is 7.26. The van der Waals surface area contributed by atoms with Crippen LogP contribution in [0.25, 0.3) is 11.0 Å². The highest BCUT2D eigenvalue weighted by molar-refractivity contribution is 7.89. The molecule has 1 aliphatic carbocycles. The SMILES string of the molecule is C=CCNS(=O)(=O)c1cccc(C(=O)/N=c2\[nH]c3cnc(OCCN4CCCCC4)cc3n2C2CCC(C(=O)NC(C)C)CC2)c1. The predicted octanol–water partition coefficient (Wildman–Crippen LogP) is 3.69. The number of hydrogen-bond acceptors (Lipinski definition) is 7. The summed E-state index contributed by atoms with van der Waals surface area (Å²) in [5.41, 5.74) is 1.97. The molecule has 5 rings (SSSR count). The van der Waals surface area contributed by atoms with Crippen LogP contribution in [-0.2, 0) is 14.8 Å². The minimum absolute atomic E-state index is 0.0261. The summed E-state index contributed by atoms with van der Waals surface area (Å²) in [6.07, 6.45) is 9.70. The Morgan fingerprint density at radius 2 is 1.91 bits per heavy atom. The molecule has 2 fully saturated rings. The molecule has 0 atom stereocenters. The van der Waals surface area contributed by atoms with Crippen LogP contribution in [0.15, 0.2) is 59.1 Å². The third-order valence-electron chi connectivity index (χ3n) is 8.58. The third kappa shape index (κ3) is 8.31. The van der Waals surface area contributed by atoms with Gasteiger partial charge in [0.05, 0.1) is 22.1 Å². The Hall–Kier alpha value is -3.81. The van der Waals surface area contributed by atoms with E-state index in [-0.39, 0.29) is 40.9 Å². The molecule has 2 aromatic heterocycles. The van der Waals surface area contributed by atoms with Crippen molar-refractivity contribution in [3.05, 3.63) is 60.4 Å². The van der Waals surface area contributed by atoms with Gasteiger partial charge < -0.3 is 19.6 Å². The van der Waals surface area contributed by atoms with E-state index in [1.54, 1.807) is 12.3 Å². The number of likely N-dealkylation sites (tertiary alicyclic amines) is 1. The summed E-state index contributed by atoms with van der Waals surface area (Å²) in [7, 11) is -3.82. The third-order valence-corrected chi connectivity index (χ3v) is 10.00. The van der Waals surface area contributed by atoms with Crippen LogP contribution in [0.2, 0.25) is 0 Å². The molecule has 12 nitrogen and oxygen atoms in total. The molecule has 0 bridgehead atoms. The number of carbonyl (C=O) groups excluding carboxylic acids is 2. The lowest BCUT2D eigenvalue weighted by molar-refractivity contribution is -0.126. The first-order valence-electron chi connectivity index (χ1n) is 16.2. The van der Waals surface area contributed by atoms with Gasteiger partial charge in [0.25, 0.3) is 5.91 Å². The number of imidazole rings is 1. The van der Waals surface area contributed by atoms with E-state index >= 15 is 0 Å². The molecule has 1 aliphatic heterocycles. The van der Waals surface area contributed by atoms with Crippen LogP contribution in [-0.4, -0.2) is 78.5 Å². The minimum atomic E-state index is -3.82. The summed E-state index contributed by atoms with van der Waals surface area (Å²) in [5.74, 6) is -0.0909. The molecular formula is C33H45N7O5S. The fraction of sp³-hybridized carbons (Fsp3) is 0.515. The van der Waals surface area contributed by atoms with E-state index in [2.05, 4.69) is 36.5 Å². The number of hydrogen-bond donors (Lipinski definition) is 3. The van der Waals surface area contributed by atoms with Crippen LogP contribution in [0.1, 0.15) is 75.2 Å². The van der Waals surface area contributed by atoms with Crippen LogP contribution in [0, 0.1) is 5.92 Å². The molecule has 3 N–H and O–H groups in total. The monoisotopic (exact) mass is 651 g/mol. The van der Waals surface area contributed by atoms with Gasteiger partial charge in [-0.15, -0.1) is 6.58 Å². The zero-order chi connectivity index (χ0) is 32.7. The molecule has 1 saturated carbocycles. The quantitative estimate of drug-likeness (QED) is 0.253. The fourth-order valence-electron chi connectivity index (χ4n) is 6.22. The van der Waals surface area contributed by atoms with Gasteiger partial charge >= 0.3 is 0 Å². The van der Waals surface area contributed by atoms with E-state index in [1.165, 1.54) is 43.5 Å². The van der Waals surface area contributed by atoms with Crippen LogP contribution < -0.4 is 20.4 Å². The molecule has 46 heavy (non-hydrogen) atoms. The van der Waals surface area contributed by atoms with Crippen molar-refractivity contribution in [2.45, 2.75) is 75.8 Å². The van der Waals surface area contributed by atoms with Crippen molar-refractivity contribution in [3.8, 4) is 5.88 Å². The standard InChI is InChI=1S/C33H45N7O5S/c1-4-15-35-46(43,44)27-10-8-9-25(20-27)32(42)38-33-37-28-22-34-30(45-19-18-39-16-6-5-7-17-39)21-29(28)40(33)26-13-11-24(12-14-26)31(41)36-23(2)3/h4,8-10,20-24,26,35H,1,5-7,11-19H2,2-3H3,(H,36,41)(H,37,38,42). The van der Waals surface area contributed by atoms with Gasteiger partial charge in [-0.05, 0) is 83.7 Å². The lowest BCUT2D eigenvalue weighted by atomic mass is 9.85. The molecule has 3 aromatic rings. The topological polar surface area (TPSA) is 151 Å². The summed E-state index contributed by atoms with van der Waals surface area (Å²) in [5, 5.41) is 3.03.